The summed E-state index contributed by atoms with van der Waals surface area (Å²) in [4.78, 5) is 0. The quantitative estimate of drug-likeness (QED) is 0.188. The fraction of sp³-hybridized carbons (Fsp3) is 1.00. The van der Waals surface area contributed by atoms with E-state index in [4.69, 9.17) is 0 Å². The Labute approximate surface area is 629 Å². The van der Waals surface area contributed by atoms with E-state index in [9.17, 15) is 51.1 Å². The molecule has 0 aromatic carbocycles. The molecule has 0 spiro atoms. The zero-order valence-corrected chi connectivity index (χ0v) is 77.9. The maximum absolute atomic E-state index is 11.6. The third kappa shape index (κ3) is 111. The molecular formula is C55H110F20O10Ta6. The van der Waals surface area contributed by atoms with Crippen LogP contribution in [0.5, 0.6) is 0 Å². The number of hydrogen-bond acceptors (Lipinski definition) is 10. The minimum absolute atomic E-state index is 0. The van der Waals surface area contributed by atoms with Crippen LogP contribution in [0, 0.1) is 54.1 Å². The Kier molecular flexibility index (Phi) is 184. The molecule has 10 nitrogen and oxygen atoms in total. The molecule has 0 rings (SSSR count). The van der Waals surface area contributed by atoms with E-state index in [1.807, 2.05) is 208 Å². The van der Waals surface area contributed by atoms with Gasteiger partial charge < -0.3 is 145 Å². The van der Waals surface area contributed by atoms with Gasteiger partial charge in [0, 0.05) is 0 Å². The van der Waals surface area contributed by atoms with Gasteiger partial charge in [-0.1, -0.05) is 294 Å². The molecule has 36 heteroatoms. The largest absolute Gasteiger partial charge is 5.00 e. The third-order valence-electron chi connectivity index (χ3n) is 11.8. The predicted molar refractivity (Wildman–Crippen MR) is 256 cm³/mol. The average Bonchev–Trinajstić information content (AvgIpc) is 3.01. The first-order valence-corrected chi connectivity index (χ1v) is 24.3. The molecule has 0 aromatic heterocycles. The summed E-state index contributed by atoms with van der Waals surface area (Å²) in [6.07, 6.45) is -6.41. The van der Waals surface area contributed by atoms with E-state index in [0.29, 0.717) is 0 Å². The molecule has 10 atom stereocenters. The molecule has 0 aromatic rings. The zero-order valence-electron chi connectivity index (χ0n) is 58.6. The standard InChI is InChI=1S/5C11H22O2.20FH.6Ta/c5*1-10(2,3)8(12)7-9(13)11(4,5)6;;;;;;;;;;;;;;;;;;;;;;;;;;/h5*8-9H,7H2,1-6H3;20*1H;;;;;;/q5*-2;;;;;;;;;;;;;;;;;;;;;6*+5/p-20. The van der Waals surface area contributed by atoms with Crippen molar-refractivity contribution in [3.8, 4) is 0 Å². The fourth-order valence-electron chi connectivity index (χ4n) is 4.51. The summed E-state index contributed by atoms with van der Waals surface area (Å²) in [5.74, 6) is 0. The molecule has 0 saturated carbocycles. The molecule has 10 unspecified atom stereocenters. The average molecular weight is 2400 g/mol. The molecule has 0 aliphatic heterocycles. The van der Waals surface area contributed by atoms with Gasteiger partial charge in [0.15, 0.2) is 0 Å². The molecule has 560 valence electrons. The minimum Gasteiger partial charge on any atom is -1.00 e. The normalized spacial score (nSPS) is 13.2. The second kappa shape index (κ2) is 81.6. The van der Waals surface area contributed by atoms with E-state index in [1.54, 1.807) is 0 Å². The van der Waals surface area contributed by atoms with E-state index in [2.05, 4.69) is 0 Å². The van der Waals surface area contributed by atoms with Crippen LogP contribution in [0.3, 0.4) is 0 Å². The van der Waals surface area contributed by atoms with Gasteiger partial charge in [0.05, 0.1) is 0 Å². The van der Waals surface area contributed by atoms with Gasteiger partial charge in [0.25, 0.3) is 0 Å². The van der Waals surface area contributed by atoms with Crippen molar-refractivity contribution >= 4 is 0 Å². The van der Waals surface area contributed by atoms with Crippen LogP contribution >= 0.6 is 0 Å². The van der Waals surface area contributed by atoms with Gasteiger partial charge in [-0.25, -0.2) is 0 Å². The molecule has 0 aliphatic carbocycles. The molecule has 0 amide bonds. The summed E-state index contributed by atoms with van der Waals surface area (Å²) in [6.45, 7) is 56.7. The predicted octanol–water partition coefficient (Wildman–Crippen LogP) is -55.3. The summed E-state index contributed by atoms with van der Waals surface area (Å²) in [7, 11) is 0. The Morgan fingerprint density at radius 2 is 0.165 bits per heavy atom. The van der Waals surface area contributed by atoms with Crippen molar-refractivity contribution in [2.24, 2.45) is 54.1 Å². The molecule has 91 heavy (non-hydrogen) atoms. The molecule has 0 saturated heterocycles. The molecule has 0 bridgehead atoms. The zero-order chi connectivity index (χ0) is 54.3. The maximum atomic E-state index is 11.6. The monoisotopic (exact) mass is 2400 g/mol. The van der Waals surface area contributed by atoms with Gasteiger partial charge in [-0.15, -0.1) is 61.0 Å². The van der Waals surface area contributed by atoms with Gasteiger partial charge >= 0.3 is 134 Å². The van der Waals surface area contributed by atoms with Crippen LogP contribution in [0.4, 0.5) is 0 Å². The molecular weight excluding hydrogens is 2290 g/mol. The van der Waals surface area contributed by atoms with Crippen LogP contribution in [0.1, 0.15) is 240 Å². The van der Waals surface area contributed by atoms with Crippen LogP contribution in [-0.2, 0) is 134 Å². The van der Waals surface area contributed by atoms with E-state index < -0.39 is 61.0 Å². The summed E-state index contributed by atoms with van der Waals surface area (Å²) in [5, 5.41) is 116. The summed E-state index contributed by atoms with van der Waals surface area (Å²) < 4.78 is 0. The second-order valence-corrected chi connectivity index (χ2v) is 29.7. The van der Waals surface area contributed by atoms with Gasteiger partial charge in [-0.3, -0.25) is 0 Å². The van der Waals surface area contributed by atoms with Gasteiger partial charge in [-0.2, -0.15) is 0 Å². The van der Waals surface area contributed by atoms with Crippen molar-refractivity contribution in [2.75, 3.05) is 0 Å². The van der Waals surface area contributed by atoms with Crippen LogP contribution in [0.2, 0.25) is 0 Å². The number of hydrogen-bond donors (Lipinski definition) is 0. The molecule has 0 heterocycles. The molecule has 0 aliphatic rings. The Morgan fingerprint density at radius 3 is 0.187 bits per heavy atom. The van der Waals surface area contributed by atoms with Crippen molar-refractivity contribution in [2.45, 2.75) is 301 Å². The Hall–Kier alpha value is 2.64. The first kappa shape index (κ1) is 205. The van der Waals surface area contributed by atoms with Gasteiger partial charge in [0.1, 0.15) is 0 Å². The fourth-order valence-corrected chi connectivity index (χ4v) is 4.51. The van der Waals surface area contributed by atoms with Crippen molar-refractivity contribution < 1.29 is 279 Å². The van der Waals surface area contributed by atoms with E-state index in [-0.39, 0.29) is 315 Å². The Balaban J connectivity index is -0.0000000159. The number of rotatable bonds is 10. The summed E-state index contributed by atoms with van der Waals surface area (Å²) in [6, 6.07) is 0. The molecule has 0 N–H and O–H groups in total. The second-order valence-electron chi connectivity index (χ2n) is 29.7. The topological polar surface area (TPSA) is 231 Å². The molecule has 0 fully saturated rings. The van der Waals surface area contributed by atoms with Crippen molar-refractivity contribution in [3.63, 3.8) is 0 Å². The van der Waals surface area contributed by atoms with Crippen LogP contribution < -0.4 is 145 Å². The SMILES string of the molecule is CC(C)(C)C([O-])CC([O-])C(C)(C)C.CC(C)(C)C([O-])CC([O-])C(C)(C)C.CC(C)(C)C([O-])CC([O-])C(C)(C)C.CC(C)(C)C([O-])CC([O-])C(C)(C)C.CC(C)(C)C([O-])CC([O-])C(C)(C)C.[F-].[F-].[F-].[F-].[F-].[F-].[F-].[F-].[F-].[F-].[F-].[F-].[F-].[F-].[F-].[F-].[F-].[F-].[F-].[F-].[Ta+5].[Ta+5].[Ta+5].[Ta+5].[Ta+5].[Ta+5]. The van der Waals surface area contributed by atoms with Crippen LogP contribution in [0.15, 0.2) is 0 Å². The molecule has 0 radical (unpaired) electrons. The van der Waals surface area contributed by atoms with Crippen molar-refractivity contribution in [3.05, 3.63) is 0 Å². The van der Waals surface area contributed by atoms with Crippen LogP contribution in [0.25, 0.3) is 0 Å². The van der Waals surface area contributed by atoms with E-state index in [0.717, 1.165) is 0 Å². The summed E-state index contributed by atoms with van der Waals surface area (Å²) in [5.41, 5.74) is -2.98. The van der Waals surface area contributed by atoms with Crippen molar-refractivity contribution in [1.82, 2.24) is 0 Å². The summed E-state index contributed by atoms with van der Waals surface area (Å²) >= 11 is 0. The van der Waals surface area contributed by atoms with Gasteiger partial charge in [0.2, 0.25) is 0 Å². The van der Waals surface area contributed by atoms with Crippen molar-refractivity contribution in [1.29, 1.82) is 0 Å². The first-order valence-electron chi connectivity index (χ1n) is 24.3. The number of halogens is 20. The third-order valence-corrected chi connectivity index (χ3v) is 11.8. The van der Waals surface area contributed by atoms with Crippen LogP contribution in [-0.4, -0.2) is 61.0 Å². The smallest absolute Gasteiger partial charge is 1.00 e. The van der Waals surface area contributed by atoms with Gasteiger partial charge in [-0.05, 0) is 0 Å². The Bertz CT molecular complexity index is 982. The Morgan fingerprint density at radius 1 is 0.132 bits per heavy atom. The minimum atomic E-state index is -0.755. The van der Waals surface area contributed by atoms with E-state index in [1.165, 1.54) is 0 Å². The maximum Gasteiger partial charge on any atom is 5.00 e. The van der Waals surface area contributed by atoms with E-state index >= 15 is 0 Å². The first-order chi connectivity index (χ1) is 27.7.